The van der Waals surface area contributed by atoms with Crippen molar-refractivity contribution in [3.05, 3.63) is 51.5 Å². The van der Waals surface area contributed by atoms with Crippen LogP contribution in [0.15, 0.2) is 30.3 Å². The second kappa shape index (κ2) is 7.76. The molecule has 0 bridgehead atoms. The van der Waals surface area contributed by atoms with Crippen LogP contribution in [-0.4, -0.2) is 28.5 Å². The molecule has 0 saturated carbocycles. The topological polar surface area (TPSA) is 81.2 Å². The second-order valence-corrected chi connectivity index (χ2v) is 7.41. The largest absolute Gasteiger partial charge is 0.462 e. The monoisotopic (exact) mass is 387 g/mol. The number of ether oxygens (including phenoxy) is 1. The van der Waals surface area contributed by atoms with Crippen molar-refractivity contribution >= 4 is 39.7 Å². The van der Waals surface area contributed by atoms with Crippen LogP contribution in [0.4, 0.5) is 5.13 Å². The van der Waals surface area contributed by atoms with Crippen molar-refractivity contribution in [1.82, 2.24) is 9.97 Å². The molecular weight excluding hydrogens is 370 g/mol. The van der Waals surface area contributed by atoms with Crippen LogP contribution in [0.3, 0.4) is 0 Å². The number of hydrogen-bond acceptors (Lipinski definition) is 7. The Morgan fingerprint density at radius 1 is 1.04 bits per heavy atom. The van der Waals surface area contributed by atoms with E-state index in [1.54, 1.807) is 20.8 Å². The van der Waals surface area contributed by atoms with E-state index in [-0.39, 0.29) is 5.91 Å². The number of rotatable bonds is 5. The molecule has 0 fully saturated rings. The lowest BCUT2D eigenvalue weighted by Gasteiger charge is -1.99. The third kappa shape index (κ3) is 3.81. The third-order valence-electron chi connectivity index (χ3n) is 3.50. The number of aryl methyl sites for hydroxylation is 2. The fraction of sp³-hybridized carbons (Fsp3) is 0.222. The number of aromatic nitrogens is 2. The average molecular weight is 387 g/mol. The van der Waals surface area contributed by atoms with Gasteiger partial charge in [0.2, 0.25) is 0 Å². The number of carbonyl (C=O) groups excluding carboxylic acids is 2. The van der Waals surface area contributed by atoms with Gasteiger partial charge in [-0.3, -0.25) is 10.1 Å². The molecule has 0 aliphatic rings. The van der Waals surface area contributed by atoms with Crippen molar-refractivity contribution in [3.63, 3.8) is 0 Å². The van der Waals surface area contributed by atoms with E-state index < -0.39 is 5.97 Å². The summed E-state index contributed by atoms with van der Waals surface area (Å²) in [5.74, 6) is -0.713. The highest BCUT2D eigenvalue weighted by atomic mass is 32.1. The minimum Gasteiger partial charge on any atom is -0.462 e. The van der Waals surface area contributed by atoms with Crippen LogP contribution in [0.5, 0.6) is 0 Å². The summed E-state index contributed by atoms with van der Waals surface area (Å²) >= 11 is 2.43. The summed E-state index contributed by atoms with van der Waals surface area (Å²) in [6, 6.07) is 9.71. The van der Waals surface area contributed by atoms with Gasteiger partial charge in [-0.1, -0.05) is 41.7 Å². The number of benzene rings is 1. The minimum atomic E-state index is -0.427. The van der Waals surface area contributed by atoms with Gasteiger partial charge in [0.05, 0.1) is 18.0 Å². The summed E-state index contributed by atoms with van der Waals surface area (Å²) in [5, 5.41) is 3.91. The first-order valence-electron chi connectivity index (χ1n) is 7.98. The van der Waals surface area contributed by atoms with E-state index in [4.69, 9.17) is 4.74 Å². The molecule has 0 aliphatic heterocycles. The molecule has 6 nitrogen and oxygen atoms in total. The van der Waals surface area contributed by atoms with E-state index in [9.17, 15) is 9.59 Å². The number of esters is 1. The van der Waals surface area contributed by atoms with E-state index in [2.05, 4.69) is 15.3 Å². The van der Waals surface area contributed by atoms with Gasteiger partial charge in [0, 0.05) is 5.56 Å². The normalized spacial score (nSPS) is 10.6. The second-order valence-electron chi connectivity index (χ2n) is 5.41. The molecule has 8 heteroatoms. The zero-order valence-electron chi connectivity index (χ0n) is 14.5. The average Bonchev–Trinajstić information content (AvgIpc) is 3.18. The Balaban J connectivity index is 1.80. The molecular formula is C18H17N3O3S2. The minimum absolute atomic E-state index is 0.286. The van der Waals surface area contributed by atoms with Gasteiger partial charge in [-0.15, -0.1) is 11.3 Å². The third-order valence-corrected chi connectivity index (χ3v) is 5.76. The smallest absolute Gasteiger partial charge is 0.350 e. The first-order chi connectivity index (χ1) is 12.5. The van der Waals surface area contributed by atoms with E-state index >= 15 is 0 Å². The highest BCUT2D eigenvalue weighted by Crippen LogP contribution is 2.29. The van der Waals surface area contributed by atoms with Crippen LogP contribution in [-0.2, 0) is 4.74 Å². The first kappa shape index (κ1) is 18.2. The highest BCUT2D eigenvalue weighted by Gasteiger charge is 2.20. The molecule has 2 aromatic heterocycles. The fourth-order valence-electron chi connectivity index (χ4n) is 2.30. The molecule has 0 atom stereocenters. The number of hydrogen-bond donors (Lipinski definition) is 1. The quantitative estimate of drug-likeness (QED) is 0.660. The molecule has 0 radical (unpaired) electrons. The number of nitrogens with one attached hydrogen (secondary N) is 1. The van der Waals surface area contributed by atoms with E-state index in [0.717, 1.165) is 21.9 Å². The Bertz CT molecular complexity index is 948. The maximum Gasteiger partial charge on any atom is 0.350 e. The summed E-state index contributed by atoms with van der Waals surface area (Å²) in [5.41, 5.74) is 2.16. The number of amides is 1. The van der Waals surface area contributed by atoms with Crippen LogP contribution >= 0.6 is 22.7 Å². The molecule has 1 aromatic carbocycles. The van der Waals surface area contributed by atoms with Gasteiger partial charge in [0.1, 0.15) is 14.8 Å². The number of nitrogens with zero attached hydrogens (tertiary/aromatic N) is 2. The summed E-state index contributed by atoms with van der Waals surface area (Å²) < 4.78 is 4.99. The number of anilines is 1. The predicted molar refractivity (Wildman–Crippen MR) is 103 cm³/mol. The van der Waals surface area contributed by atoms with E-state index in [1.165, 1.54) is 11.3 Å². The fourth-order valence-corrected chi connectivity index (χ4v) is 4.12. The van der Waals surface area contributed by atoms with Gasteiger partial charge in [-0.05, 0) is 20.8 Å². The van der Waals surface area contributed by atoms with Gasteiger partial charge in [-0.25, -0.2) is 14.8 Å². The van der Waals surface area contributed by atoms with Gasteiger partial charge in [0.25, 0.3) is 5.91 Å². The lowest BCUT2D eigenvalue weighted by atomic mass is 10.2. The summed E-state index contributed by atoms with van der Waals surface area (Å²) in [6.45, 7) is 5.55. The Kier molecular flexibility index (Phi) is 5.43. The molecule has 2 heterocycles. The van der Waals surface area contributed by atoms with Crippen LogP contribution in [0.2, 0.25) is 0 Å². The molecule has 134 valence electrons. The highest BCUT2D eigenvalue weighted by molar-refractivity contribution is 7.18. The molecule has 0 saturated heterocycles. The summed E-state index contributed by atoms with van der Waals surface area (Å²) in [7, 11) is 0. The molecule has 1 N–H and O–H groups in total. The molecule has 3 rings (SSSR count). The van der Waals surface area contributed by atoms with Crippen LogP contribution < -0.4 is 5.32 Å². The van der Waals surface area contributed by atoms with Crippen molar-refractivity contribution in [2.45, 2.75) is 20.8 Å². The van der Waals surface area contributed by atoms with Crippen molar-refractivity contribution in [3.8, 4) is 10.6 Å². The molecule has 26 heavy (non-hydrogen) atoms. The van der Waals surface area contributed by atoms with Crippen molar-refractivity contribution in [2.75, 3.05) is 11.9 Å². The zero-order valence-corrected chi connectivity index (χ0v) is 16.2. The van der Waals surface area contributed by atoms with Crippen molar-refractivity contribution < 1.29 is 14.3 Å². The van der Waals surface area contributed by atoms with Crippen LogP contribution in [0.25, 0.3) is 10.6 Å². The Morgan fingerprint density at radius 2 is 1.73 bits per heavy atom. The Labute approximate surface area is 158 Å². The van der Waals surface area contributed by atoms with E-state index in [0.29, 0.717) is 32.9 Å². The lowest BCUT2D eigenvalue weighted by molar-refractivity contribution is 0.0531. The summed E-state index contributed by atoms with van der Waals surface area (Å²) in [4.78, 5) is 34.1. The van der Waals surface area contributed by atoms with Gasteiger partial charge < -0.3 is 4.74 Å². The molecule has 0 spiro atoms. The molecule has 3 aromatic rings. The van der Waals surface area contributed by atoms with Crippen LogP contribution in [0.1, 0.15) is 37.7 Å². The van der Waals surface area contributed by atoms with Gasteiger partial charge in [-0.2, -0.15) is 0 Å². The van der Waals surface area contributed by atoms with Crippen molar-refractivity contribution in [1.29, 1.82) is 0 Å². The first-order valence-corrected chi connectivity index (χ1v) is 9.61. The Morgan fingerprint density at radius 3 is 2.42 bits per heavy atom. The Hall–Kier alpha value is -2.58. The van der Waals surface area contributed by atoms with Gasteiger partial charge in [0.15, 0.2) is 5.13 Å². The maximum absolute atomic E-state index is 12.6. The van der Waals surface area contributed by atoms with Crippen molar-refractivity contribution in [2.24, 2.45) is 0 Å². The molecule has 1 amide bonds. The van der Waals surface area contributed by atoms with E-state index in [1.807, 2.05) is 30.3 Å². The van der Waals surface area contributed by atoms with Gasteiger partial charge >= 0.3 is 5.97 Å². The lowest BCUT2D eigenvalue weighted by Crippen LogP contribution is -2.11. The SMILES string of the molecule is CCOC(=O)c1sc(NC(=O)c2sc(-c3ccccc3)nc2C)nc1C. The number of carbonyl (C=O) groups is 2. The van der Waals surface area contributed by atoms with Crippen LogP contribution in [0, 0.1) is 13.8 Å². The number of thiazole rings is 2. The zero-order chi connectivity index (χ0) is 18.7. The molecule has 0 aliphatic carbocycles. The standard InChI is InChI=1S/C18H17N3O3S2/c1-4-24-17(23)14-11(3)20-18(26-14)21-15(22)13-10(2)19-16(25-13)12-8-6-5-7-9-12/h5-9H,4H2,1-3H3,(H,20,21,22). The summed E-state index contributed by atoms with van der Waals surface area (Å²) in [6.07, 6.45) is 0. The predicted octanol–water partition coefficient (Wildman–Crippen LogP) is 4.31. The molecule has 0 unspecified atom stereocenters. The maximum atomic E-state index is 12.6.